The molecule has 0 aromatic heterocycles. The maximum absolute atomic E-state index is 5.56. The summed E-state index contributed by atoms with van der Waals surface area (Å²) < 4.78 is 0. The Kier molecular flexibility index (Phi) is 8.87. The average molecular weight is 455 g/mol. The lowest BCUT2D eigenvalue weighted by atomic mass is 10.0. The van der Waals surface area contributed by atoms with E-state index in [4.69, 9.17) is 16.6 Å². The molecule has 0 atom stereocenters. The predicted octanol–water partition coefficient (Wildman–Crippen LogP) is -7.35. The van der Waals surface area contributed by atoms with Crippen molar-refractivity contribution in [2.75, 3.05) is 26.2 Å². The first kappa shape index (κ1) is 27.4. The number of nitrogens with zero attached hydrogens (tertiary/aromatic N) is 4. The molecule has 0 aromatic carbocycles. The van der Waals surface area contributed by atoms with Gasteiger partial charge in [-0.25, -0.2) is 5.41 Å². The molecule has 2 rings (SSSR count). The molecule has 14 N–H and O–H groups in total. The summed E-state index contributed by atoms with van der Waals surface area (Å²) in [5.74, 6) is 2.92. The standard InChI is InChI=1S/C12H22N6.C8H18N6/c1-11(2,9-13-5-6-14-9)17-18-12(3,4)10-15-7-8-16-10;1-7(2,5(9)10)13-14-8(3,4)6(11)12/h5-8H2,1-4H3,(H,13,14)(H,15,16);1-4H3,(H3,9,10)(H3,11,12)/p+6. The highest BCUT2D eigenvalue weighted by Gasteiger charge is 2.40. The van der Waals surface area contributed by atoms with Crippen LogP contribution in [0.4, 0.5) is 0 Å². The predicted molar refractivity (Wildman–Crippen MR) is 123 cm³/mol. The molecule has 0 saturated carbocycles. The van der Waals surface area contributed by atoms with E-state index in [1.807, 2.05) is 13.8 Å². The van der Waals surface area contributed by atoms with Crippen molar-refractivity contribution >= 4 is 23.3 Å². The molecule has 0 amide bonds. The molecule has 0 unspecified atom stereocenters. The van der Waals surface area contributed by atoms with Gasteiger partial charge in [-0.05, 0) is 55.4 Å². The molecule has 0 spiro atoms. The second kappa shape index (κ2) is 10.3. The highest BCUT2D eigenvalue weighted by molar-refractivity contribution is 5.86. The molecule has 0 bridgehead atoms. The fourth-order valence-corrected chi connectivity index (χ4v) is 2.56. The third-order valence-electron chi connectivity index (χ3n) is 5.40. The van der Waals surface area contributed by atoms with Crippen molar-refractivity contribution in [1.29, 1.82) is 0 Å². The number of hydrogen-bond acceptors (Lipinski definition) is 5. The number of rotatable bonds is 8. The molecule has 0 aliphatic carbocycles. The van der Waals surface area contributed by atoms with Crippen LogP contribution in [-0.2, 0) is 0 Å². The van der Waals surface area contributed by atoms with Gasteiger partial charge in [0.05, 0.1) is 0 Å². The molecule has 2 aliphatic heterocycles. The first-order chi connectivity index (χ1) is 14.5. The van der Waals surface area contributed by atoms with Crippen molar-refractivity contribution in [2.24, 2.45) is 26.2 Å². The van der Waals surface area contributed by atoms with Crippen molar-refractivity contribution in [3.8, 4) is 0 Å². The van der Waals surface area contributed by atoms with Gasteiger partial charge >= 0.3 is 11.7 Å². The minimum Gasteiger partial charge on any atom is -0.289 e. The van der Waals surface area contributed by atoms with Crippen LogP contribution in [-0.4, -0.2) is 71.7 Å². The molecule has 180 valence electrons. The Bertz CT molecular complexity index is 748. The van der Waals surface area contributed by atoms with Gasteiger partial charge in [0.15, 0.2) is 17.6 Å². The van der Waals surface area contributed by atoms with E-state index in [9.17, 15) is 0 Å². The first-order valence-electron chi connectivity index (χ1n) is 11.0. The van der Waals surface area contributed by atoms with Crippen molar-refractivity contribution < 1.29 is 31.9 Å². The maximum Gasteiger partial charge on any atom is 0.363 e. The van der Waals surface area contributed by atoms with Crippen LogP contribution in [0.5, 0.6) is 0 Å². The Hall–Kier alpha value is -2.60. The van der Waals surface area contributed by atoms with Crippen LogP contribution >= 0.6 is 0 Å². The van der Waals surface area contributed by atoms with E-state index in [-0.39, 0.29) is 16.9 Å². The number of nitrogens with two attached hydrogens (primary N) is 4. The summed E-state index contributed by atoms with van der Waals surface area (Å²) in [5.41, 5.74) is 7.24. The number of hydrogen-bond donors (Lipinski definition) is 8. The topological polar surface area (TPSA) is 211 Å². The highest BCUT2D eigenvalue weighted by Crippen LogP contribution is 2.15. The summed E-state index contributed by atoms with van der Waals surface area (Å²) in [4.78, 5) is 6.70. The lowest BCUT2D eigenvalue weighted by Gasteiger charge is -2.17. The molecule has 0 radical (unpaired) electrons. The second-order valence-electron chi connectivity index (χ2n) is 10.2. The molecule has 0 saturated heterocycles. The van der Waals surface area contributed by atoms with Crippen molar-refractivity contribution in [2.45, 2.75) is 77.5 Å². The summed E-state index contributed by atoms with van der Waals surface area (Å²) in [7, 11) is 0. The summed E-state index contributed by atoms with van der Waals surface area (Å²) in [6, 6.07) is 0. The van der Waals surface area contributed by atoms with Gasteiger partial charge in [0.25, 0.3) is 11.7 Å². The van der Waals surface area contributed by atoms with Gasteiger partial charge < -0.3 is 0 Å². The quantitative estimate of drug-likeness (QED) is 0.102. The van der Waals surface area contributed by atoms with E-state index in [0.29, 0.717) is 5.84 Å². The summed E-state index contributed by atoms with van der Waals surface area (Å²) in [6.45, 7) is 19.6. The van der Waals surface area contributed by atoms with E-state index in [1.54, 1.807) is 13.8 Å². The molecule has 32 heavy (non-hydrogen) atoms. The number of amidine groups is 4. The molecule has 0 fully saturated rings. The third kappa shape index (κ3) is 7.83. The van der Waals surface area contributed by atoms with Crippen LogP contribution in [0.15, 0.2) is 20.5 Å². The van der Waals surface area contributed by atoms with Gasteiger partial charge in [-0.15, -0.1) is 0 Å². The van der Waals surface area contributed by atoms with E-state index >= 15 is 0 Å². The Morgan fingerprint density at radius 2 is 1.47 bits per heavy atom. The van der Waals surface area contributed by atoms with Crippen LogP contribution in [0.2, 0.25) is 0 Å². The third-order valence-corrected chi connectivity index (χ3v) is 5.40. The van der Waals surface area contributed by atoms with E-state index < -0.39 is 11.1 Å². The summed E-state index contributed by atoms with van der Waals surface area (Å²) >= 11 is 0. The van der Waals surface area contributed by atoms with Crippen LogP contribution in [0, 0.1) is 0 Å². The Morgan fingerprint density at radius 1 is 0.906 bits per heavy atom. The summed E-state index contributed by atoms with van der Waals surface area (Å²) in [6.07, 6.45) is 0. The van der Waals surface area contributed by atoms with Gasteiger partial charge in [-0.3, -0.25) is 32.5 Å². The van der Waals surface area contributed by atoms with Gasteiger partial charge in [0.1, 0.15) is 19.6 Å². The Balaban J connectivity index is 0.000000333. The largest absolute Gasteiger partial charge is 0.363 e. The van der Waals surface area contributed by atoms with E-state index in [0.717, 1.165) is 32.0 Å². The lowest BCUT2D eigenvalue weighted by Crippen LogP contribution is -2.95. The van der Waals surface area contributed by atoms with Gasteiger partial charge in [-0.2, -0.15) is 25.4 Å². The lowest BCUT2D eigenvalue weighted by molar-refractivity contribution is -0.542. The van der Waals surface area contributed by atoms with E-state index in [2.05, 4.69) is 74.5 Å². The minimum absolute atomic E-state index is 0.222. The van der Waals surface area contributed by atoms with Crippen LogP contribution in [0.3, 0.4) is 0 Å². The molecule has 12 heteroatoms. The molecule has 2 aliphatic rings. The normalized spacial score (nSPS) is 17.7. The van der Waals surface area contributed by atoms with Crippen molar-refractivity contribution in [3.05, 3.63) is 0 Å². The highest BCUT2D eigenvalue weighted by atomic mass is 15.3. The second-order valence-corrected chi connectivity index (χ2v) is 10.2. The van der Waals surface area contributed by atoms with Crippen LogP contribution < -0.4 is 42.9 Å². The summed E-state index contributed by atoms with van der Waals surface area (Å²) in [5, 5.41) is 33.8. The zero-order valence-electron chi connectivity index (χ0n) is 21.1. The molecule has 12 nitrogen and oxygen atoms in total. The van der Waals surface area contributed by atoms with Crippen molar-refractivity contribution in [3.63, 3.8) is 0 Å². The number of azo groups is 2. The SMILES string of the molecule is CC(C)(N=NC(C)(C)C(=[NH2+])[NH3+])C(N)=[NH2+].CC(C)(N=NC(C)(C)C1=[NH+]CC[NH2+]1)C1=[NH+]CCN1. The fraction of sp³-hybridized carbons (Fsp3) is 0.800. The molecular formula is C20H46N12+6. The smallest absolute Gasteiger partial charge is 0.289 e. The van der Waals surface area contributed by atoms with Crippen LogP contribution in [0.1, 0.15) is 55.4 Å². The van der Waals surface area contributed by atoms with Crippen molar-refractivity contribution in [1.82, 2.24) is 5.32 Å². The van der Waals surface area contributed by atoms with Crippen LogP contribution in [0.25, 0.3) is 0 Å². The Morgan fingerprint density at radius 3 is 1.91 bits per heavy atom. The fourth-order valence-electron chi connectivity index (χ4n) is 2.56. The molecular weight excluding hydrogens is 408 g/mol. The minimum atomic E-state index is -0.674. The average Bonchev–Trinajstić information content (AvgIpc) is 3.39. The number of nitrogens with one attached hydrogen (secondary N) is 3. The Labute approximate surface area is 191 Å². The maximum atomic E-state index is 5.56. The first-order valence-corrected chi connectivity index (χ1v) is 11.0. The monoisotopic (exact) mass is 454 g/mol. The van der Waals surface area contributed by atoms with Gasteiger partial charge in [-0.1, -0.05) is 0 Å². The van der Waals surface area contributed by atoms with Gasteiger partial charge in [0.2, 0.25) is 11.1 Å². The zero-order valence-corrected chi connectivity index (χ0v) is 21.1. The van der Waals surface area contributed by atoms with E-state index in [1.165, 1.54) is 5.84 Å². The zero-order chi connectivity index (χ0) is 24.8. The number of quaternary nitrogens is 2. The molecule has 2 heterocycles. The molecule has 0 aromatic rings. The van der Waals surface area contributed by atoms with Gasteiger partial charge in [0, 0.05) is 0 Å².